The predicted molar refractivity (Wildman–Crippen MR) is 189 cm³/mol. The molecule has 0 saturated carbocycles. The zero-order valence-electron chi connectivity index (χ0n) is 31.6. The van der Waals surface area contributed by atoms with Gasteiger partial charge in [0, 0.05) is 57.5 Å². The summed E-state index contributed by atoms with van der Waals surface area (Å²) in [4.78, 5) is 51.2. The fraction of sp³-hybridized carbons (Fsp3) is 0.708. The number of carbonyl (C=O) groups is 3. The second kappa shape index (κ2) is 41.2. The molecular formula is C24H58AgN15O9S+. The molecule has 0 aliphatic carbocycles. The first-order valence-electron chi connectivity index (χ1n) is 13.6. The average Bonchev–Trinajstić information content (AvgIpc) is 2.97. The van der Waals surface area contributed by atoms with E-state index in [4.69, 9.17) is 52.6 Å². The molecule has 299 valence electrons. The fourth-order valence-electron chi connectivity index (χ4n) is 1.80. The van der Waals surface area contributed by atoms with Crippen molar-refractivity contribution < 1.29 is 63.1 Å². The van der Waals surface area contributed by atoms with Crippen LogP contribution in [-0.4, -0.2) is 116 Å². The van der Waals surface area contributed by atoms with E-state index in [1.54, 1.807) is 66.8 Å². The van der Waals surface area contributed by atoms with Gasteiger partial charge < -0.3 is 36.3 Å². The number of carboxylic acids is 1. The van der Waals surface area contributed by atoms with Crippen LogP contribution < -0.4 is 55.3 Å². The fourth-order valence-corrected chi connectivity index (χ4v) is 2.19. The van der Waals surface area contributed by atoms with Crippen LogP contribution in [0, 0.1) is 21.4 Å². The summed E-state index contributed by atoms with van der Waals surface area (Å²) in [6.07, 6.45) is 1.96. The maximum atomic E-state index is 11.3. The summed E-state index contributed by atoms with van der Waals surface area (Å²) in [5.74, 6) is 8.50. The molecule has 0 saturated heterocycles. The minimum atomic E-state index is -1.50. The molecule has 0 bridgehead atoms. The standard InChI is InChI=1S/C9H20N4O2.C6H13NO2.C4H11N3S.C3H9N5O2.C2H3N.Ag.HNO3/c1-9(2,3)15-7(14)6-12-8(10-4)13-11-5;1-6(2,3)9-5(8)4-7;1-5-4(8-3)7-6-2;4-7-3(8-5)6-1-2(9)10;1-2-3;;2-1(3)4/h11H,6H2,1-5H3,(H2,10,12,13);4,7H2,1-3H3;6H,1-3H3,(H,5,7);1,4-5H2,(H,9,10)(H2,6,7,8);1H3;;(H,2,3,4)/p+1. The number of nitriles is 1. The third-order valence-electron chi connectivity index (χ3n) is 3.15. The molecule has 15 N–H and O–H groups in total. The van der Waals surface area contributed by atoms with Crippen molar-refractivity contribution in [3.63, 3.8) is 0 Å². The SMILES string of the molecule is CC#N.CC(C)(C)OC(=O)CN.CN=C(NCC(=O)OC(C)(C)C)NNC.CN=C(NNC)SC.NNC(=NCC(=O)O)NN.O=[N+]([O-])O.[Ag].[H+]. The molecule has 0 fully saturated rings. The van der Waals surface area contributed by atoms with Crippen molar-refractivity contribution in [2.45, 2.75) is 59.7 Å². The molecule has 50 heavy (non-hydrogen) atoms. The number of nitrogens with two attached hydrogens (primary N) is 3. The largest absolute Gasteiger partial charge is 1.00 e. The van der Waals surface area contributed by atoms with Crippen molar-refractivity contribution in [2.24, 2.45) is 32.4 Å². The van der Waals surface area contributed by atoms with Crippen molar-refractivity contribution in [3.05, 3.63) is 10.1 Å². The zero-order chi connectivity index (χ0) is 40.1. The number of aliphatic carboxylic acids is 1. The van der Waals surface area contributed by atoms with Crippen molar-refractivity contribution in [1.82, 2.24) is 37.9 Å². The number of ether oxygens (including phenoxy) is 2. The first kappa shape index (κ1) is 61.2. The number of amidine groups is 1. The van der Waals surface area contributed by atoms with E-state index >= 15 is 0 Å². The van der Waals surface area contributed by atoms with E-state index in [2.05, 4.69) is 52.8 Å². The van der Waals surface area contributed by atoms with Gasteiger partial charge in [0.15, 0.2) is 5.17 Å². The van der Waals surface area contributed by atoms with Crippen molar-refractivity contribution in [3.8, 4) is 6.07 Å². The Labute approximate surface area is 314 Å². The van der Waals surface area contributed by atoms with Gasteiger partial charge in [-0.3, -0.25) is 40.6 Å². The van der Waals surface area contributed by atoms with Gasteiger partial charge in [-0.05, 0) is 47.8 Å². The summed E-state index contributed by atoms with van der Waals surface area (Å²) in [5, 5.41) is 32.8. The molecule has 0 unspecified atom stereocenters. The molecule has 0 aromatic carbocycles. The van der Waals surface area contributed by atoms with E-state index in [9.17, 15) is 14.4 Å². The number of guanidine groups is 2. The molecule has 0 atom stereocenters. The number of carboxylic acid groups (broad SMARTS) is 1. The van der Waals surface area contributed by atoms with E-state index in [1.807, 2.05) is 27.0 Å². The zero-order valence-corrected chi connectivity index (χ0v) is 32.9. The Morgan fingerprint density at radius 2 is 1.36 bits per heavy atom. The quantitative estimate of drug-likeness (QED) is 0.0242. The van der Waals surface area contributed by atoms with Crippen LogP contribution in [0.15, 0.2) is 15.0 Å². The van der Waals surface area contributed by atoms with Crippen molar-refractivity contribution >= 4 is 46.8 Å². The normalized spacial score (nSPS) is 9.80. The Hall–Kier alpha value is -4.00. The summed E-state index contributed by atoms with van der Waals surface area (Å²) in [6.45, 7) is 12.0. The monoisotopic (exact) mass is 839 g/mol. The number of rotatable bonds is 7. The van der Waals surface area contributed by atoms with Crippen LogP contribution in [0.4, 0.5) is 0 Å². The number of hydrogen-bond donors (Lipinski definition) is 12. The van der Waals surface area contributed by atoms with Gasteiger partial charge in [-0.15, -0.1) is 10.1 Å². The molecule has 26 heteroatoms. The molecule has 0 aliphatic heterocycles. The van der Waals surface area contributed by atoms with Gasteiger partial charge in [-0.25, -0.2) is 27.5 Å². The van der Waals surface area contributed by atoms with E-state index < -0.39 is 22.3 Å². The molecular weight excluding hydrogens is 782 g/mol. The van der Waals surface area contributed by atoms with Crippen LogP contribution in [0.5, 0.6) is 0 Å². The second-order valence-corrected chi connectivity index (χ2v) is 10.4. The number of carbonyl (C=O) groups excluding carboxylic acids is 2. The first-order valence-corrected chi connectivity index (χ1v) is 14.8. The number of thioether (sulfide) groups is 1. The average molecular weight is 841 g/mol. The van der Waals surface area contributed by atoms with Crippen LogP contribution >= 0.6 is 11.8 Å². The number of esters is 2. The molecule has 1 radical (unpaired) electrons. The van der Waals surface area contributed by atoms with Crippen LogP contribution in [0.1, 0.15) is 49.9 Å². The van der Waals surface area contributed by atoms with Gasteiger partial charge >= 0.3 is 19.3 Å². The maximum Gasteiger partial charge on any atom is 1.00 e. The van der Waals surface area contributed by atoms with Crippen LogP contribution in [0.3, 0.4) is 0 Å². The van der Waals surface area contributed by atoms with Gasteiger partial charge in [0.25, 0.3) is 5.09 Å². The van der Waals surface area contributed by atoms with Crippen molar-refractivity contribution in [2.75, 3.05) is 54.1 Å². The van der Waals surface area contributed by atoms with E-state index in [0.717, 1.165) is 5.17 Å². The first-order chi connectivity index (χ1) is 22.5. The summed E-state index contributed by atoms with van der Waals surface area (Å²) >= 11 is 1.57. The maximum absolute atomic E-state index is 11.3. The Kier molecular flexibility index (Phi) is 50.4. The van der Waals surface area contributed by atoms with Gasteiger partial charge in [-0.1, -0.05) is 11.8 Å². The molecule has 0 aliphatic rings. The molecule has 24 nitrogen and oxygen atoms in total. The number of nitrogens with one attached hydrogen (secondary N) is 7. The van der Waals surface area contributed by atoms with Crippen LogP contribution in [-0.2, 0) is 46.2 Å². The Balaban J connectivity index is -0.0000000765. The van der Waals surface area contributed by atoms with Crippen molar-refractivity contribution in [1.29, 1.82) is 5.26 Å². The van der Waals surface area contributed by atoms with Gasteiger partial charge in [0.1, 0.15) is 24.3 Å². The predicted octanol–water partition coefficient (Wildman–Crippen LogP) is -2.38. The number of nitrogens with zero attached hydrogens (tertiary/aromatic N) is 5. The van der Waals surface area contributed by atoms with E-state index in [0.29, 0.717) is 5.96 Å². The molecule has 0 spiro atoms. The molecule has 0 heterocycles. The molecule has 0 aromatic rings. The number of hydrazine groups is 4. The minimum Gasteiger partial charge on any atom is -0.480 e. The smallest absolute Gasteiger partial charge is 0.480 e. The number of hydrogen-bond acceptors (Lipinski definition) is 17. The minimum absolute atomic E-state index is 0. The molecule has 0 amide bonds. The molecule has 0 rings (SSSR count). The van der Waals surface area contributed by atoms with E-state index in [1.165, 1.54) is 6.92 Å². The summed E-state index contributed by atoms with van der Waals surface area (Å²) in [7, 11) is 6.87. The Bertz CT molecular complexity index is 1020. The summed E-state index contributed by atoms with van der Waals surface area (Å²) in [6, 6.07) is 1.75. The van der Waals surface area contributed by atoms with Crippen LogP contribution in [0.25, 0.3) is 0 Å². The Morgan fingerprint density at radius 1 is 0.960 bits per heavy atom. The molecule has 0 aromatic heterocycles. The third kappa shape index (κ3) is 70.4. The topological polar surface area (TPSA) is 376 Å². The van der Waals surface area contributed by atoms with Gasteiger partial charge in [-0.2, -0.15) is 5.26 Å². The van der Waals surface area contributed by atoms with Crippen LogP contribution in [0.2, 0.25) is 0 Å². The van der Waals surface area contributed by atoms with Gasteiger partial charge in [0.2, 0.25) is 11.9 Å². The Morgan fingerprint density at radius 3 is 1.58 bits per heavy atom. The summed E-state index contributed by atoms with van der Waals surface area (Å²) in [5.41, 5.74) is 19.3. The third-order valence-corrected chi connectivity index (χ3v) is 3.82. The number of aliphatic imine (C=N–C) groups is 3. The second-order valence-electron chi connectivity index (χ2n) is 9.59. The van der Waals surface area contributed by atoms with Gasteiger partial charge in [0.05, 0.1) is 12.6 Å². The van der Waals surface area contributed by atoms with E-state index in [-0.39, 0.29) is 61.3 Å². The summed E-state index contributed by atoms with van der Waals surface area (Å²) < 4.78 is 9.93.